The van der Waals surface area contributed by atoms with Crippen LogP contribution in [0.2, 0.25) is 0 Å². The zero-order valence-electron chi connectivity index (χ0n) is 15.4. The molecule has 0 aromatic rings. The minimum atomic E-state index is 0.146. The van der Waals surface area contributed by atoms with Crippen LogP contribution in [0.25, 0.3) is 0 Å². The fraction of sp³-hybridized carbons (Fsp3) is 0.650. The van der Waals surface area contributed by atoms with E-state index in [1.165, 1.54) is 49.9 Å². The maximum atomic E-state index is 5.77. The van der Waals surface area contributed by atoms with E-state index < -0.39 is 0 Å². The van der Waals surface area contributed by atoms with Gasteiger partial charge in [0.25, 0.3) is 0 Å². The number of nitrogens with zero attached hydrogens (tertiary/aromatic N) is 2. The number of ether oxygens (including phenoxy) is 1. The Kier molecular flexibility index (Phi) is 5.14. The van der Waals surface area contributed by atoms with E-state index in [2.05, 4.69) is 29.8 Å². The summed E-state index contributed by atoms with van der Waals surface area (Å²) in [6.45, 7) is 10.4. The number of likely N-dealkylation sites (tertiary alicyclic amines) is 1. The molecule has 1 atom stereocenters. The summed E-state index contributed by atoms with van der Waals surface area (Å²) in [6, 6.07) is 0. The van der Waals surface area contributed by atoms with Gasteiger partial charge in [0.1, 0.15) is 11.6 Å². The predicted octanol–water partition coefficient (Wildman–Crippen LogP) is 3.14. The third kappa shape index (κ3) is 3.04. The molecule has 1 aliphatic carbocycles. The van der Waals surface area contributed by atoms with E-state index in [1.807, 2.05) is 13.1 Å². The maximum absolute atomic E-state index is 5.77. The molecule has 1 saturated carbocycles. The SMILES string of the molecule is C=C/C(CN1CCC(C)C1)=C(\C=C1/CN=C(NC)C12CCC2)OC. The average molecular weight is 329 g/mol. The molecule has 0 bridgehead atoms. The van der Waals surface area contributed by atoms with Crippen molar-refractivity contribution in [2.45, 2.75) is 32.6 Å². The second kappa shape index (κ2) is 7.14. The molecule has 24 heavy (non-hydrogen) atoms. The van der Waals surface area contributed by atoms with Gasteiger partial charge in [-0.05, 0) is 43.4 Å². The van der Waals surface area contributed by atoms with Gasteiger partial charge in [-0.1, -0.05) is 26.0 Å². The topological polar surface area (TPSA) is 36.9 Å². The van der Waals surface area contributed by atoms with Crippen molar-refractivity contribution in [2.75, 3.05) is 40.3 Å². The first-order chi connectivity index (χ1) is 11.6. The lowest BCUT2D eigenvalue weighted by atomic mass is 9.64. The molecule has 0 aromatic carbocycles. The molecule has 0 amide bonds. The van der Waals surface area contributed by atoms with Gasteiger partial charge in [0.15, 0.2) is 0 Å². The molecule has 0 aromatic heterocycles. The van der Waals surface area contributed by atoms with E-state index >= 15 is 0 Å². The number of aliphatic imine (C=N–C) groups is 1. The zero-order chi connectivity index (χ0) is 17.2. The molecule has 1 unspecified atom stereocenters. The summed E-state index contributed by atoms with van der Waals surface area (Å²) >= 11 is 0. The highest BCUT2D eigenvalue weighted by Gasteiger charge is 2.47. The Hall–Kier alpha value is -1.55. The van der Waals surface area contributed by atoms with E-state index in [1.54, 1.807) is 7.11 Å². The molecule has 132 valence electrons. The van der Waals surface area contributed by atoms with Crippen LogP contribution in [0.1, 0.15) is 32.6 Å². The minimum absolute atomic E-state index is 0.146. The summed E-state index contributed by atoms with van der Waals surface area (Å²) in [4.78, 5) is 7.22. The van der Waals surface area contributed by atoms with Crippen LogP contribution in [0.3, 0.4) is 0 Å². The standard InChI is InChI=1S/C20H31N3O/c1-5-16(14-23-10-7-15(2)13-23)18(24-4)11-17-12-22-19(21-3)20(17)8-6-9-20/h5,11,15H,1,6-10,12-14H2,2-4H3,(H,21,22)/b17-11+,18-16-. The van der Waals surface area contributed by atoms with Crippen molar-refractivity contribution in [1.82, 2.24) is 10.2 Å². The highest BCUT2D eigenvalue weighted by atomic mass is 16.5. The van der Waals surface area contributed by atoms with Crippen LogP contribution in [0.5, 0.6) is 0 Å². The van der Waals surface area contributed by atoms with E-state index in [0.29, 0.717) is 0 Å². The van der Waals surface area contributed by atoms with Crippen LogP contribution in [0.4, 0.5) is 0 Å². The van der Waals surface area contributed by atoms with Crippen molar-refractivity contribution in [1.29, 1.82) is 0 Å². The first kappa shape index (κ1) is 17.3. The van der Waals surface area contributed by atoms with Crippen LogP contribution < -0.4 is 5.32 Å². The maximum Gasteiger partial charge on any atom is 0.123 e. The number of hydrogen-bond acceptors (Lipinski definition) is 4. The quantitative estimate of drug-likeness (QED) is 0.622. The van der Waals surface area contributed by atoms with Gasteiger partial charge in [0.05, 0.1) is 19.1 Å². The Morgan fingerprint density at radius 3 is 2.79 bits per heavy atom. The van der Waals surface area contributed by atoms with Crippen molar-refractivity contribution >= 4 is 5.84 Å². The summed E-state index contributed by atoms with van der Waals surface area (Å²) < 4.78 is 5.77. The van der Waals surface area contributed by atoms with Crippen molar-refractivity contribution < 1.29 is 4.74 Å². The van der Waals surface area contributed by atoms with Gasteiger partial charge in [-0.15, -0.1) is 0 Å². The van der Waals surface area contributed by atoms with Crippen molar-refractivity contribution in [3.05, 3.63) is 35.6 Å². The minimum Gasteiger partial charge on any atom is -0.496 e. The smallest absolute Gasteiger partial charge is 0.123 e. The normalized spacial score (nSPS) is 28.5. The van der Waals surface area contributed by atoms with Gasteiger partial charge in [-0.2, -0.15) is 0 Å². The molecule has 2 fully saturated rings. The number of rotatable bonds is 5. The molecule has 2 heterocycles. The Labute approximate surface area is 146 Å². The second-order valence-electron chi connectivity index (χ2n) is 7.45. The van der Waals surface area contributed by atoms with Gasteiger partial charge in [0, 0.05) is 25.7 Å². The third-order valence-electron chi connectivity index (χ3n) is 5.91. The Morgan fingerprint density at radius 2 is 2.29 bits per heavy atom. The Bertz CT molecular complexity index is 584. The molecule has 1 N–H and O–H groups in total. The first-order valence-corrected chi connectivity index (χ1v) is 9.18. The molecule has 3 aliphatic rings. The average Bonchev–Trinajstić information content (AvgIpc) is 3.13. The summed E-state index contributed by atoms with van der Waals surface area (Å²) in [7, 11) is 3.75. The van der Waals surface area contributed by atoms with Gasteiger partial charge in [-0.3, -0.25) is 9.89 Å². The second-order valence-corrected chi connectivity index (χ2v) is 7.45. The van der Waals surface area contributed by atoms with Crippen LogP contribution in [-0.4, -0.2) is 51.1 Å². The Morgan fingerprint density at radius 1 is 1.50 bits per heavy atom. The molecule has 4 nitrogen and oxygen atoms in total. The fourth-order valence-electron chi connectivity index (χ4n) is 4.30. The summed E-state index contributed by atoms with van der Waals surface area (Å²) in [5, 5.41) is 3.31. The van der Waals surface area contributed by atoms with Gasteiger partial charge in [0.2, 0.25) is 0 Å². The monoisotopic (exact) mass is 329 g/mol. The van der Waals surface area contributed by atoms with Gasteiger partial charge in [-0.25, -0.2) is 0 Å². The van der Waals surface area contributed by atoms with Crippen LogP contribution in [-0.2, 0) is 4.74 Å². The molecule has 1 spiro atoms. The Balaban J connectivity index is 1.83. The van der Waals surface area contributed by atoms with Crippen LogP contribution in [0.15, 0.2) is 40.6 Å². The number of amidine groups is 1. The fourth-order valence-corrected chi connectivity index (χ4v) is 4.30. The summed E-state index contributed by atoms with van der Waals surface area (Å²) in [6.07, 6.45) is 9.16. The lowest BCUT2D eigenvalue weighted by molar-refractivity contribution is 0.275. The lowest BCUT2D eigenvalue weighted by Gasteiger charge is -2.40. The molecule has 0 radical (unpaired) electrons. The van der Waals surface area contributed by atoms with Crippen molar-refractivity contribution in [2.24, 2.45) is 16.3 Å². The molecule has 4 heteroatoms. The first-order valence-electron chi connectivity index (χ1n) is 9.18. The van der Waals surface area contributed by atoms with Crippen LogP contribution >= 0.6 is 0 Å². The molecular formula is C20H31N3O. The largest absolute Gasteiger partial charge is 0.496 e. The van der Waals surface area contributed by atoms with E-state index in [-0.39, 0.29) is 5.41 Å². The summed E-state index contributed by atoms with van der Waals surface area (Å²) in [5.41, 5.74) is 2.73. The molecule has 3 rings (SSSR count). The third-order valence-corrected chi connectivity index (χ3v) is 5.91. The summed E-state index contributed by atoms with van der Waals surface area (Å²) in [5.74, 6) is 2.91. The van der Waals surface area contributed by atoms with E-state index in [9.17, 15) is 0 Å². The molecule has 1 saturated heterocycles. The zero-order valence-corrected chi connectivity index (χ0v) is 15.4. The molecule has 2 aliphatic heterocycles. The number of allylic oxidation sites excluding steroid dienone is 1. The highest BCUT2D eigenvalue weighted by Crippen LogP contribution is 2.50. The number of hydrogen-bond donors (Lipinski definition) is 1. The predicted molar refractivity (Wildman–Crippen MR) is 100 cm³/mol. The van der Waals surface area contributed by atoms with E-state index in [4.69, 9.17) is 9.73 Å². The van der Waals surface area contributed by atoms with Crippen LogP contribution in [0, 0.1) is 11.3 Å². The molecular weight excluding hydrogens is 298 g/mol. The van der Waals surface area contributed by atoms with Gasteiger partial charge >= 0.3 is 0 Å². The number of methoxy groups -OCH3 is 1. The van der Waals surface area contributed by atoms with E-state index in [0.717, 1.165) is 30.6 Å². The van der Waals surface area contributed by atoms with Crippen molar-refractivity contribution in [3.8, 4) is 0 Å². The van der Waals surface area contributed by atoms with Crippen molar-refractivity contribution in [3.63, 3.8) is 0 Å². The number of nitrogens with one attached hydrogen (secondary N) is 1. The lowest BCUT2D eigenvalue weighted by Crippen LogP contribution is -2.43. The van der Waals surface area contributed by atoms with Gasteiger partial charge < -0.3 is 10.1 Å². The highest BCUT2D eigenvalue weighted by molar-refractivity contribution is 5.94.